The zero-order chi connectivity index (χ0) is 18.7. The maximum absolute atomic E-state index is 13.0. The summed E-state index contributed by atoms with van der Waals surface area (Å²) in [5.41, 5.74) is -0.610. The second kappa shape index (κ2) is 7.61. The quantitative estimate of drug-likeness (QED) is 0.755. The molecule has 2 aliphatic heterocycles. The van der Waals surface area contributed by atoms with Gasteiger partial charge in [0.15, 0.2) is 0 Å². The molecule has 0 aromatic carbocycles. The van der Waals surface area contributed by atoms with Gasteiger partial charge >= 0.3 is 0 Å². The highest BCUT2D eigenvalue weighted by Crippen LogP contribution is 2.40. The van der Waals surface area contributed by atoms with Gasteiger partial charge in [-0.25, -0.2) is 0 Å². The minimum atomic E-state index is -0.429. The number of hydrogen-bond acceptors (Lipinski definition) is 4. The van der Waals surface area contributed by atoms with Crippen molar-refractivity contribution in [1.29, 1.82) is 0 Å². The fraction of sp³-hybridized carbons (Fsp3) is 0.632. The van der Waals surface area contributed by atoms with Crippen molar-refractivity contribution < 1.29 is 9.59 Å². The lowest BCUT2D eigenvalue weighted by Crippen LogP contribution is -2.51. The van der Waals surface area contributed by atoms with Crippen LogP contribution in [0.4, 0.5) is 0 Å². The topological polar surface area (TPSA) is 65.9 Å². The molecule has 0 aliphatic carbocycles. The normalized spacial score (nSPS) is 23.3. The Balaban J connectivity index is 1.65. The van der Waals surface area contributed by atoms with E-state index in [1.807, 2.05) is 19.0 Å². The Labute approximate surface area is 154 Å². The third-order valence-electron chi connectivity index (χ3n) is 5.55. The zero-order valence-corrected chi connectivity index (χ0v) is 15.7. The van der Waals surface area contributed by atoms with Gasteiger partial charge in [0.25, 0.3) is 5.56 Å². The summed E-state index contributed by atoms with van der Waals surface area (Å²) in [6.07, 6.45) is 4.13. The molecule has 0 bridgehead atoms. The molecule has 1 atom stereocenters. The van der Waals surface area contributed by atoms with Gasteiger partial charge in [0, 0.05) is 45.0 Å². The summed E-state index contributed by atoms with van der Waals surface area (Å²) >= 11 is 0. The summed E-state index contributed by atoms with van der Waals surface area (Å²) in [4.78, 5) is 43.3. The van der Waals surface area contributed by atoms with Crippen LogP contribution in [0.25, 0.3) is 0 Å². The van der Waals surface area contributed by atoms with Crippen molar-refractivity contribution in [2.75, 3.05) is 46.8 Å². The van der Waals surface area contributed by atoms with Gasteiger partial charge in [0.1, 0.15) is 6.54 Å². The van der Waals surface area contributed by atoms with E-state index < -0.39 is 5.41 Å². The first-order valence-corrected chi connectivity index (χ1v) is 9.29. The lowest BCUT2D eigenvalue weighted by atomic mass is 9.78. The van der Waals surface area contributed by atoms with Crippen LogP contribution >= 0.6 is 0 Å². The van der Waals surface area contributed by atoms with E-state index in [0.29, 0.717) is 13.1 Å². The molecule has 0 unspecified atom stereocenters. The van der Waals surface area contributed by atoms with E-state index in [2.05, 4.69) is 4.90 Å². The van der Waals surface area contributed by atoms with E-state index in [-0.39, 0.29) is 23.9 Å². The summed E-state index contributed by atoms with van der Waals surface area (Å²) in [6, 6.07) is 4.86. The van der Waals surface area contributed by atoms with Gasteiger partial charge < -0.3 is 19.3 Å². The van der Waals surface area contributed by atoms with Gasteiger partial charge in [-0.15, -0.1) is 0 Å². The molecule has 3 rings (SSSR count). The van der Waals surface area contributed by atoms with Crippen molar-refractivity contribution in [3.05, 3.63) is 34.7 Å². The number of hydrogen-bond donors (Lipinski definition) is 0. The molecular formula is C19H28N4O3. The van der Waals surface area contributed by atoms with E-state index in [0.717, 1.165) is 38.9 Å². The first-order chi connectivity index (χ1) is 12.4. The molecule has 2 saturated heterocycles. The van der Waals surface area contributed by atoms with Crippen LogP contribution in [0.5, 0.6) is 0 Å². The van der Waals surface area contributed by atoms with Crippen molar-refractivity contribution in [3.8, 4) is 0 Å². The standard InChI is InChI=1S/C19H28N4O3/c1-20(2)12-13-21-11-8-19(18(21)26)7-5-10-23(15-19)17(25)14-22-9-4-3-6-16(22)24/h3-4,6,9H,5,7-8,10-15H2,1-2H3/t19-/m1/s1. The number of aromatic nitrogens is 1. The number of likely N-dealkylation sites (tertiary alicyclic amines) is 2. The molecule has 3 heterocycles. The fourth-order valence-corrected chi connectivity index (χ4v) is 3.99. The maximum Gasteiger partial charge on any atom is 0.250 e. The lowest BCUT2D eigenvalue weighted by Gasteiger charge is -2.39. The van der Waals surface area contributed by atoms with Gasteiger partial charge in [0.05, 0.1) is 5.41 Å². The molecule has 0 saturated carbocycles. The molecule has 26 heavy (non-hydrogen) atoms. The van der Waals surface area contributed by atoms with Crippen molar-refractivity contribution in [3.63, 3.8) is 0 Å². The van der Waals surface area contributed by atoms with Crippen molar-refractivity contribution in [2.45, 2.75) is 25.8 Å². The molecule has 1 spiro atoms. The van der Waals surface area contributed by atoms with Crippen LogP contribution in [0.1, 0.15) is 19.3 Å². The smallest absolute Gasteiger partial charge is 0.250 e. The van der Waals surface area contributed by atoms with Crippen LogP contribution in [0.3, 0.4) is 0 Å². The monoisotopic (exact) mass is 360 g/mol. The molecular weight excluding hydrogens is 332 g/mol. The van der Waals surface area contributed by atoms with Crippen LogP contribution in [-0.4, -0.2) is 77.9 Å². The van der Waals surface area contributed by atoms with Crippen LogP contribution < -0.4 is 5.56 Å². The van der Waals surface area contributed by atoms with Crippen molar-refractivity contribution in [2.24, 2.45) is 5.41 Å². The average molecular weight is 360 g/mol. The van der Waals surface area contributed by atoms with Crippen LogP contribution in [-0.2, 0) is 16.1 Å². The van der Waals surface area contributed by atoms with Gasteiger partial charge in [-0.3, -0.25) is 14.4 Å². The van der Waals surface area contributed by atoms with E-state index in [9.17, 15) is 14.4 Å². The van der Waals surface area contributed by atoms with Crippen molar-refractivity contribution in [1.82, 2.24) is 19.3 Å². The molecule has 7 heteroatoms. The molecule has 1 aromatic heterocycles. The predicted molar refractivity (Wildman–Crippen MR) is 98.7 cm³/mol. The minimum Gasteiger partial charge on any atom is -0.341 e. The predicted octanol–water partition coefficient (Wildman–Crippen LogP) is 0.251. The number of carbonyl (C=O) groups excluding carboxylic acids is 2. The minimum absolute atomic E-state index is 0.0360. The van der Waals surface area contributed by atoms with Crippen LogP contribution in [0.2, 0.25) is 0 Å². The molecule has 0 N–H and O–H groups in total. The molecule has 142 valence electrons. The van der Waals surface area contributed by atoms with Gasteiger partial charge in [0.2, 0.25) is 11.8 Å². The van der Waals surface area contributed by atoms with E-state index in [4.69, 9.17) is 0 Å². The largest absolute Gasteiger partial charge is 0.341 e. The third kappa shape index (κ3) is 3.82. The Hall–Kier alpha value is -2.15. The van der Waals surface area contributed by atoms with E-state index in [1.54, 1.807) is 23.2 Å². The van der Waals surface area contributed by atoms with Crippen LogP contribution in [0.15, 0.2) is 29.2 Å². The van der Waals surface area contributed by atoms with Gasteiger partial charge in [-0.2, -0.15) is 0 Å². The summed E-state index contributed by atoms with van der Waals surface area (Å²) in [5, 5.41) is 0. The fourth-order valence-electron chi connectivity index (χ4n) is 3.99. The van der Waals surface area contributed by atoms with Gasteiger partial charge in [-0.05, 0) is 39.4 Å². The first kappa shape index (κ1) is 18.6. The molecule has 1 aromatic rings. The Morgan fingerprint density at radius 3 is 2.73 bits per heavy atom. The first-order valence-electron chi connectivity index (χ1n) is 9.29. The van der Waals surface area contributed by atoms with E-state index >= 15 is 0 Å². The summed E-state index contributed by atoms with van der Waals surface area (Å²) < 4.78 is 1.42. The Kier molecular flexibility index (Phi) is 5.46. The highest BCUT2D eigenvalue weighted by atomic mass is 16.2. The second-order valence-corrected chi connectivity index (χ2v) is 7.71. The molecule has 2 amide bonds. The second-order valence-electron chi connectivity index (χ2n) is 7.71. The van der Waals surface area contributed by atoms with E-state index in [1.165, 1.54) is 10.6 Å². The number of pyridine rings is 1. The summed E-state index contributed by atoms with van der Waals surface area (Å²) in [6.45, 7) is 3.53. The third-order valence-corrected chi connectivity index (χ3v) is 5.55. The Morgan fingerprint density at radius 2 is 2.00 bits per heavy atom. The number of rotatable bonds is 5. The Morgan fingerprint density at radius 1 is 1.19 bits per heavy atom. The molecule has 0 radical (unpaired) electrons. The van der Waals surface area contributed by atoms with Crippen LogP contribution in [0, 0.1) is 5.41 Å². The highest BCUT2D eigenvalue weighted by molar-refractivity contribution is 5.86. The number of likely N-dealkylation sites (N-methyl/N-ethyl adjacent to an activating group) is 1. The SMILES string of the molecule is CN(C)CCN1CC[C@@]2(CCCN(C(=O)Cn3ccccc3=O)C2)C1=O. The molecule has 2 aliphatic rings. The highest BCUT2D eigenvalue weighted by Gasteiger charge is 2.49. The Bertz CT molecular complexity index is 729. The number of amides is 2. The summed E-state index contributed by atoms with van der Waals surface area (Å²) in [7, 11) is 4.01. The van der Waals surface area contributed by atoms with Gasteiger partial charge in [-0.1, -0.05) is 6.07 Å². The molecule has 7 nitrogen and oxygen atoms in total. The van der Waals surface area contributed by atoms with Crippen molar-refractivity contribution >= 4 is 11.8 Å². The lowest BCUT2D eigenvalue weighted by molar-refractivity contribution is -0.143. The average Bonchev–Trinajstić information content (AvgIpc) is 2.91. The summed E-state index contributed by atoms with van der Waals surface area (Å²) in [5.74, 6) is 0.102. The number of carbonyl (C=O) groups is 2. The number of piperidine rings is 1. The molecule has 2 fully saturated rings. The number of nitrogens with zero attached hydrogens (tertiary/aromatic N) is 4. The maximum atomic E-state index is 13.0. The zero-order valence-electron chi connectivity index (χ0n) is 15.7.